The molecule has 2 amide bonds. The average Bonchev–Trinajstić information content (AvgIpc) is 2.91. The molecule has 142 valence electrons. The van der Waals surface area contributed by atoms with E-state index in [1.54, 1.807) is 42.5 Å². The molecule has 1 aliphatic heterocycles. The van der Waals surface area contributed by atoms with Gasteiger partial charge < -0.3 is 10.4 Å². The maximum atomic E-state index is 12.6. The van der Waals surface area contributed by atoms with Crippen molar-refractivity contribution >= 4 is 69.4 Å². The van der Waals surface area contributed by atoms with Crippen molar-refractivity contribution in [1.82, 2.24) is 4.90 Å². The molecule has 1 aliphatic rings. The van der Waals surface area contributed by atoms with Crippen LogP contribution >= 0.6 is 35.6 Å². The third-order valence-corrected chi connectivity index (χ3v) is 5.52. The molecule has 0 atom stereocenters. The molecule has 0 spiro atoms. The Bertz CT molecular complexity index is 1020. The van der Waals surface area contributed by atoms with Crippen molar-refractivity contribution in [2.24, 2.45) is 0 Å². The van der Waals surface area contributed by atoms with Crippen molar-refractivity contribution in [1.29, 1.82) is 0 Å². The van der Waals surface area contributed by atoms with Crippen molar-refractivity contribution in [3.05, 3.63) is 69.6 Å². The number of carboxylic acids is 1. The van der Waals surface area contributed by atoms with Crippen LogP contribution in [0.5, 0.6) is 0 Å². The Morgan fingerprint density at radius 3 is 2.57 bits per heavy atom. The number of carbonyl (C=O) groups is 3. The van der Waals surface area contributed by atoms with E-state index in [1.807, 2.05) is 0 Å². The Hall–Kier alpha value is -2.68. The normalized spacial score (nSPS) is 15.2. The molecule has 0 aliphatic carbocycles. The van der Waals surface area contributed by atoms with Crippen LogP contribution < -0.4 is 5.32 Å². The fraction of sp³-hybridized carbons (Fsp3) is 0.0526. The second-order valence-corrected chi connectivity index (χ2v) is 7.77. The number of para-hydroxylation sites is 1. The summed E-state index contributed by atoms with van der Waals surface area (Å²) in [6.45, 7) is -0.321. The van der Waals surface area contributed by atoms with E-state index in [-0.39, 0.29) is 22.1 Å². The first kappa shape index (κ1) is 20.1. The second kappa shape index (κ2) is 8.55. The Labute approximate surface area is 175 Å². The molecule has 0 radical (unpaired) electrons. The predicted molar refractivity (Wildman–Crippen MR) is 113 cm³/mol. The number of hydrogen-bond acceptors (Lipinski definition) is 5. The van der Waals surface area contributed by atoms with Gasteiger partial charge in [0.15, 0.2) is 0 Å². The highest BCUT2D eigenvalue weighted by molar-refractivity contribution is 8.26. The molecule has 6 nitrogen and oxygen atoms in total. The van der Waals surface area contributed by atoms with E-state index in [0.29, 0.717) is 15.5 Å². The lowest BCUT2D eigenvalue weighted by Gasteiger charge is -2.15. The van der Waals surface area contributed by atoms with Crippen LogP contribution in [-0.4, -0.2) is 38.7 Å². The number of carboxylic acid groups (broad SMARTS) is 1. The van der Waals surface area contributed by atoms with E-state index in [9.17, 15) is 19.5 Å². The van der Waals surface area contributed by atoms with Crippen LogP contribution in [0.4, 0.5) is 5.69 Å². The molecule has 1 saturated heterocycles. The van der Waals surface area contributed by atoms with Crippen LogP contribution in [0.2, 0.25) is 5.02 Å². The van der Waals surface area contributed by atoms with Gasteiger partial charge in [-0.05, 0) is 29.8 Å². The van der Waals surface area contributed by atoms with Crippen LogP contribution in [0, 0.1) is 0 Å². The fourth-order valence-electron chi connectivity index (χ4n) is 2.48. The molecule has 0 saturated carbocycles. The molecule has 1 fully saturated rings. The van der Waals surface area contributed by atoms with Crippen LogP contribution in [0.1, 0.15) is 15.9 Å². The Balaban J connectivity index is 1.74. The van der Waals surface area contributed by atoms with E-state index in [0.717, 1.165) is 11.8 Å². The number of nitrogens with zero attached hydrogens (tertiary/aromatic N) is 1. The first-order chi connectivity index (χ1) is 13.4. The van der Waals surface area contributed by atoms with Crippen molar-refractivity contribution < 1.29 is 19.5 Å². The summed E-state index contributed by atoms with van der Waals surface area (Å²) in [5, 5.41) is 12.2. The van der Waals surface area contributed by atoms with Crippen molar-refractivity contribution in [2.75, 3.05) is 11.9 Å². The van der Waals surface area contributed by atoms with E-state index in [2.05, 4.69) is 5.32 Å². The minimum Gasteiger partial charge on any atom is -0.478 e. The molecule has 1 heterocycles. The Kier molecular flexibility index (Phi) is 6.13. The quantitative estimate of drug-likeness (QED) is 0.550. The van der Waals surface area contributed by atoms with E-state index < -0.39 is 17.8 Å². The highest BCUT2D eigenvalue weighted by atomic mass is 35.5. The van der Waals surface area contributed by atoms with Gasteiger partial charge in [-0.2, -0.15) is 0 Å². The van der Waals surface area contributed by atoms with Crippen LogP contribution in [0.3, 0.4) is 0 Å². The molecule has 9 heteroatoms. The van der Waals surface area contributed by atoms with Crippen molar-refractivity contribution in [3.8, 4) is 0 Å². The summed E-state index contributed by atoms with van der Waals surface area (Å²) in [6.07, 6.45) is 1.62. The molecule has 2 N–H and O–H groups in total. The van der Waals surface area contributed by atoms with Crippen molar-refractivity contribution in [3.63, 3.8) is 0 Å². The summed E-state index contributed by atoms with van der Waals surface area (Å²) < 4.78 is 0.241. The van der Waals surface area contributed by atoms with E-state index >= 15 is 0 Å². The number of aromatic carboxylic acids is 1. The standard InChI is InChI=1S/C19H13ClN2O4S2/c20-13-7-3-1-5-11(13)9-15-17(24)22(19(27)28-15)10-16(23)21-14-8-4-2-6-12(14)18(25)26/h1-9H,10H2,(H,21,23)(H,25,26). The first-order valence-electron chi connectivity index (χ1n) is 7.99. The number of carbonyl (C=O) groups excluding carboxylic acids is 2. The fourth-order valence-corrected chi connectivity index (χ4v) is 3.92. The summed E-state index contributed by atoms with van der Waals surface area (Å²) in [5.41, 5.74) is 0.779. The van der Waals surface area contributed by atoms with Gasteiger partial charge in [0, 0.05) is 5.02 Å². The van der Waals surface area contributed by atoms with Gasteiger partial charge in [-0.1, -0.05) is 65.9 Å². The maximum absolute atomic E-state index is 12.6. The zero-order valence-corrected chi connectivity index (χ0v) is 16.6. The van der Waals surface area contributed by atoms with Crippen LogP contribution in [0.15, 0.2) is 53.4 Å². The molecule has 3 rings (SSSR count). The van der Waals surface area contributed by atoms with Gasteiger partial charge in [-0.15, -0.1) is 0 Å². The van der Waals surface area contributed by atoms with Gasteiger partial charge in [-0.25, -0.2) is 4.79 Å². The number of anilines is 1. The largest absolute Gasteiger partial charge is 0.478 e. The maximum Gasteiger partial charge on any atom is 0.337 e. The number of thiocarbonyl (C=S) groups is 1. The van der Waals surface area contributed by atoms with Gasteiger partial charge in [0.25, 0.3) is 5.91 Å². The number of nitrogens with one attached hydrogen (secondary N) is 1. The van der Waals surface area contributed by atoms with Gasteiger partial charge in [0.1, 0.15) is 10.9 Å². The average molecular weight is 433 g/mol. The number of thioether (sulfide) groups is 1. The van der Waals surface area contributed by atoms with E-state index in [4.69, 9.17) is 23.8 Å². The lowest BCUT2D eigenvalue weighted by molar-refractivity contribution is -0.126. The lowest BCUT2D eigenvalue weighted by Crippen LogP contribution is -2.36. The molecule has 0 aromatic heterocycles. The van der Waals surface area contributed by atoms with Crippen LogP contribution in [0.25, 0.3) is 6.08 Å². The van der Waals surface area contributed by atoms with Gasteiger partial charge >= 0.3 is 5.97 Å². The summed E-state index contributed by atoms with van der Waals surface area (Å²) in [7, 11) is 0. The number of halogens is 1. The van der Waals surface area contributed by atoms with Crippen molar-refractivity contribution in [2.45, 2.75) is 0 Å². The molecule has 28 heavy (non-hydrogen) atoms. The SMILES string of the molecule is O=C(CN1C(=O)C(=Cc2ccccc2Cl)SC1=S)Nc1ccccc1C(=O)O. The molecule has 2 aromatic carbocycles. The molecular weight excluding hydrogens is 420 g/mol. The zero-order chi connectivity index (χ0) is 20.3. The molecule has 2 aromatic rings. The summed E-state index contributed by atoms with van der Waals surface area (Å²) in [5.74, 6) is -2.12. The highest BCUT2D eigenvalue weighted by Crippen LogP contribution is 2.33. The summed E-state index contributed by atoms with van der Waals surface area (Å²) in [6, 6.07) is 13.1. The van der Waals surface area contributed by atoms with Gasteiger partial charge in [0.05, 0.1) is 16.2 Å². The monoisotopic (exact) mass is 432 g/mol. The predicted octanol–water partition coefficient (Wildman–Crippen LogP) is 3.88. The summed E-state index contributed by atoms with van der Waals surface area (Å²) >= 11 is 12.4. The number of hydrogen-bond donors (Lipinski definition) is 2. The smallest absolute Gasteiger partial charge is 0.337 e. The first-order valence-corrected chi connectivity index (χ1v) is 9.59. The van der Waals surface area contributed by atoms with Crippen LogP contribution in [-0.2, 0) is 9.59 Å². The minimum absolute atomic E-state index is 0.0418. The third kappa shape index (κ3) is 4.41. The molecule has 0 bridgehead atoms. The highest BCUT2D eigenvalue weighted by Gasteiger charge is 2.33. The van der Waals surface area contributed by atoms with E-state index in [1.165, 1.54) is 17.0 Å². The second-order valence-electron chi connectivity index (χ2n) is 5.69. The molecular formula is C19H13ClN2O4S2. The third-order valence-electron chi connectivity index (χ3n) is 3.80. The number of rotatable bonds is 5. The minimum atomic E-state index is -1.16. The van der Waals surface area contributed by atoms with Gasteiger partial charge in [-0.3, -0.25) is 14.5 Å². The zero-order valence-electron chi connectivity index (χ0n) is 14.2. The number of amides is 2. The molecule has 0 unspecified atom stereocenters. The summed E-state index contributed by atoms with van der Waals surface area (Å²) in [4.78, 5) is 37.7. The topological polar surface area (TPSA) is 86.7 Å². The van der Waals surface area contributed by atoms with Gasteiger partial charge in [0.2, 0.25) is 5.91 Å². The Morgan fingerprint density at radius 1 is 1.18 bits per heavy atom. The number of benzene rings is 2. The Morgan fingerprint density at radius 2 is 1.86 bits per heavy atom. The lowest BCUT2D eigenvalue weighted by atomic mass is 10.2.